The molecule has 0 radical (unpaired) electrons. The molecular formula is C18H19N3O. The van der Waals surface area contributed by atoms with Crippen LogP contribution in [0.5, 0.6) is 0 Å². The van der Waals surface area contributed by atoms with Gasteiger partial charge in [-0.15, -0.1) is 0 Å². The van der Waals surface area contributed by atoms with Gasteiger partial charge in [-0.25, -0.2) is 0 Å². The summed E-state index contributed by atoms with van der Waals surface area (Å²) in [6.45, 7) is 2.96. The molecule has 2 rings (SSSR count). The first-order valence-corrected chi connectivity index (χ1v) is 7.38. The molecule has 2 aromatic rings. The topological polar surface area (TPSA) is 57.0 Å². The van der Waals surface area contributed by atoms with E-state index < -0.39 is 0 Å². The second kappa shape index (κ2) is 7.94. The van der Waals surface area contributed by atoms with Gasteiger partial charge in [-0.3, -0.25) is 9.78 Å². The van der Waals surface area contributed by atoms with Crippen molar-refractivity contribution >= 4 is 5.91 Å². The van der Waals surface area contributed by atoms with Gasteiger partial charge in [0.2, 0.25) is 0 Å². The standard InChI is InChI=1S/C18H19N3O/c1-2-15-6-8-17(9-7-15)18(22)21(12-4-10-19)14-16-5-3-11-20-13-16/h3,5-9,11,13H,2,4,12,14H2,1H3. The van der Waals surface area contributed by atoms with Gasteiger partial charge in [0.15, 0.2) is 0 Å². The number of carbonyl (C=O) groups excluding carboxylic acids is 1. The molecule has 0 aliphatic rings. The minimum atomic E-state index is -0.0539. The van der Waals surface area contributed by atoms with Crippen LogP contribution >= 0.6 is 0 Å². The molecule has 4 nitrogen and oxygen atoms in total. The monoisotopic (exact) mass is 293 g/mol. The Balaban J connectivity index is 2.16. The smallest absolute Gasteiger partial charge is 0.254 e. The van der Waals surface area contributed by atoms with Gasteiger partial charge < -0.3 is 4.90 Å². The van der Waals surface area contributed by atoms with Gasteiger partial charge in [-0.1, -0.05) is 25.1 Å². The first-order chi connectivity index (χ1) is 10.7. The predicted octanol–water partition coefficient (Wildman–Crippen LogP) is 3.20. The maximum atomic E-state index is 12.7. The zero-order chi connectivity index (χ0) is 15.8. The average molecular weight is 293 g/mol. The second-order valence-electron chi connectivity index (χ2n) is 5.05. The van der Waals surface area contributed by atoms with Crippen molar-refractivity contribution in [3.63, 3.8) is 0 Å². The number of hydrogen-bond acceptors (Lipinski definition) is 3. The Bertz CT molecular complexity index is 644. The number of carbonyl (C=O) groups is 1. The van der Waals surface area contributed by atoms with Gasteiger partial charge in [0.25, 0.3) is 5.91 Å². The fraction of sp³-hybridized carbons (Fsp3) is 0.278. The number of rotatable bonds is 6. The number of pyridine rings is 1. The third-order valence-corrected chi connectivity index (χ3v) is 3.49. The highest BCUT2D eigenvalue weighted by atomic mass is 16.2. The van der Waals surface area contributed by atoms with E-state index >= 15 is 0 Å². The average Bonchev–Trinajstić information content (AvgIpc) is 2.59. The first-order valence-electron chi connectivity index (χ1n) is 7.38. The molecule has 1 aromatic heterocycles. The maximum absolute atomic E-state index is 12.7. The lowest BCUT2D eigenvalue weighted by Crippen LogP contribution is -2.31. The Morgan fingerprint density at radius 1 is 1.23 bits per heavy atom. The van der Waals surface area contributed by atoms with Crippen LogP contribution in [0.4, 0.5) is 0 Å². The quantitative estimate of drug-likeness (QED) is 0.821. The van der Waals surface area contributed by atoms with Crippen molar-refractivity contribution in [2.75, 3.05) is 6.54 Å². The lowest BCUT2D eigenvalue weighted by molar-refractivity contribution is 0.0746. The molecule has 4 heteroatoms. The molecule has 0 unspecified atom stereocenters. The molecular weight excluding hydrogens is 274 g/mol. The van der Waals surface area contributed by atoms with Crippen molar-refractivity contribution in [1.29, 1.82) is 5.26 Å². The Morgan fingerprint density at radius 3 is 2.59 bits per heavy atom. The summed E-state index contributed by atoms with van der Waals surface area (Å²) < 4.78 is 0. The summed E-state index contributed by atoms with van der Waals surface area (Å²) in [5.41, 5.74) is 2.81. The zero-order valence-electron chi connectivity index (χ0n) is 12.7. The van der Waals surface area contributed by atoms with Crippen molar-refractivity contribution in [3.05, 3.63) is 65.5 Å². The summed E-state index contributed by atoms with van der Waals surface area (Å²) in [4.78, 5) is 18.4. The van der Waals surface area contributed by atoms with E-state index in [-0.39, 0.29) is 5.91 Å². The van der Waals surface area contributed by atoms with Gasteiger partial charge >= 0.3 is 0 Å². The van der Waals surface area contributed by atoms with E-state index in [2.05, 4.69) is 18.0 Å². The molecule has 0 spiro atoms. The summed E-state index contributed by atoms with van der Waals surface area (Å²) >= 11 is 0. The van der Waals surface area contributed by atoms with Gasteiger partial charge in [0.05, 0.1) is 12.5 Å². The highest BCUT2D eigenvalue weighted by Gasteiger charge is 2.16. The Kier molecular flexibility index (Phi) is 5.67. The van der Waals surface area contributed by atoms with E-state index in [0.29, 0.717) is 25.1 Å². The third-order valence-electron chi connectivity index (χ3n) is 3.49. The van der Waals surface area contributed by atoms with Crippen molar-refractivity contribution < 1.29 is 4.79 Å². The van der Waals surface area contributed by atoms with E-state index in [9.17, 15) is 4.79 Å². The fourth-order valence-corrected chi connectivity index (χ4v) is 2.22. The van der Waals surface area contributed by atoms with E-state index in [0.717, 1.165) is 12.0 Å². The molecule has 1 heterocycles. The number of nitriles is 1. The highest BCUT2D eigenvalue weighted by Crippen LogP contribution is 2.12. The zero-order valence-corrected chi connectivity index (χ0v) is 12.7. The van der Waals surface area contributed by atoms with Crippen LogP contribution in [0, 0.1) is 11.3 Å². The summed E-state index contributed by atoms with van der Waals surface area (Å²) in [5.74, 6) is -0.0539. The molecule has 112 valence electrons. The number of aromatic nitrogens is 1. The minimum Gasteiger partial charge on any atom is -0.333 e. The normalized spacial score (nSPS) is 10.0. The number of aryl methyl sites for hydroxylation is 1. The molecule has 1 amide bonds. The van der Waals surface area contributed by atoms with Gasteiger partial charge in [0, 0.05) is 31.0 Å². The van der Waals surface area contributed by atoms with Crippen molar-refractivity contribution in [2.24, 2.45) is 0 Å². The van der Waals surface area contributed by atoms with E-state index in [1.807, 2.05) is 36.4 Å². The number of amides is 1. The summed E-state index contributed by atoms with van der Waals surface area (Å²) in [5, 5.41) is 8.80. The maximum Gasteiger partial charge on any atom is 0.254 e. The molecule has 0 saturated heterocycles. The SMILES string of the molecule is CCc1ccc(C(=O)N(CCC#N)Cc2cccnc2)cc1. The summed E-state index contributed by atoms with van der Waals surface area (Å²) in [6, 6.07) is 13.5. The lowest BCUT2D eigenvalue weighted by Gasteiger charge is -2.21. The van der Waals surface area contributed by atoms with Crippen molar-refractivity contribution in [3.8, 4) is 6.07 Å². The lowest BCUT2D eigenvalue weighted by atomic mass is 10.1. The van der Waals surface area contributed by atoms with Crippen LogP contribution in [0.1, 0.15) is 34.8 Å². The Morgan fingerprint density at radius 2 is 2.00 bits per heavy atom. The second-order valence-corrected chi connectivity index (χ2v) is 5.05. The Hall–Kier alpha value is -2.67. The molecule has 0 fully saturated rings. The van der Waals surface area contributed by atoms with E-state index in [4.69, 9.17) is 5.26 Å². The molecule has 0 aliphatic carbocycles. The first kappa shape index (κ1) is 15.7. The van der Waals surface area contributed by atoms with Crippen LogP contribution in [-0.4, -0.2) is 22.3 Å². The molecule has 0 aliphatic heterocycles. The third kappa shape index (κ3) is 4.16. The van der Waals surface area contributed by atoms with Crippen LogP contribution in [0.3, 0.4) is 0 Å². The minimum absolute atomic E-state index is 0.0539. The largest absolute Gasteiger partial charge is 0.333 e. The fourth-order valence-electron chi connectivity index (χ4n) is 2.22. The molecule has 0 N–H and O–H groups in total. The van der Waals surface area contributed by atoms with E-state index in [1.165, 1.54) is 5.56 Å². The van der Waals surface area contributed by atoms with Gasteiger partial charge in [0.1, 0.15) is 0 Å². The van der Waals surface area contributed by atoms with Crippen molar-refractivity contribution in [1.82, 2.24) is 9.88 Å². The molecule has 22 heavy (non-hydrogen) atoms. The van der Waals surface area contributed by atoms with E-state index in [1.54, 1.807) is 17.3 Å². The molecule has 1 aromatic carbocycles. The Labute approximate surface area is 131 Å². The van der Waals surface area contributed by atoms with Crippen LogP contribution < -0.4 is 0 Å². The number of hydrogen-bond donors (Lipinski definition) is 0. The number of benzene rings is 1. The van der Waals surface area contributed by atoms with Crippen molar-refractivity contribution in [2.45, 2.75) is 26.3 Å². The molecule has 0 saturated carbocycles. The van der Waals surface area contributed by atoms with Gasteiger partial charge in [-0.2, -0.15) is 5.26 Å². The molecule has 0 bridgehead atoms. The predicted molar refractivity (Wildman–Crippen MR) is 85.0 cm³/mol. The summed E-state index contributed by atoms with van der Waals surface area (Å²) in [7, 11) is 0. The molecule has 0 atom stereocenters. The highest BCUT2D eigenvalue weighted by molar-refractivity contribution is 5.94. The number of nitrogens with zero attached hydrogens (tertiary/aromatic N) is 3. The summed E-state index contributed by atoms with van der Waals surface area (Å²) in [6.07, 6.45) is 4.71. The van der Waals surface area contributed by atoms with Crippen LogP contribution in [0.25, 0.3) is 0 Å². The van der Waals surface area contributed by atoms with Crippen LogP contribution in [0.2, 0.25) is 0 Å². The van der Waals surface area contributed by atoms with Crippen LogP contribution in [-0.2, 0) is 13.0 Å². The van der Waals surface area contributed by atoms with Crippen LogP contribution in [0.15, 0.2) is 48.8 Å². The van der Waals surface area contributed by atoms with Gasteiger partial charge in [-0.05, 0) is 35.7 Å².